The third-order valence-corrected chi connectivity index (χ3v) is 4.62. The summed E-state index contributed by atoms with van der Waals surface area (Å²) in [4.78, 5) is 14.9. The molecule has 1 fully saturated rings. The van der Waals surface area contributed by atoms with Crippen LogP contribution < -0.4 is 10.6 Å². The molecule has 152 valence electrons. The summed E-state index contributed by atoms with van der Waals surface area (Å²) in [6, 6.07) is 11.8. The van der Waals surface area contributed by atoms with Crippen LogP contribution in [0, 0.1) is 0 Å². The third-order valence-electron chi connectivity index (χ3n) is 4.62. The number of benzene rings is 2. The van der Waals surface area contributed by atoms with Crippen molar-refractivity contribution in [1.29, 1.82) is 0 Å². The number of nitrogens with one attached hydrogen (secondary N) is 2. The van der Waals surface area contributed by atoms with Crippen molar-refractivity contribution in [3.8, 4) is 11.1 Å². The Hall–Kier alpha value is -2.09. The molecule has 1 amide bonds. The van der Waals surface area contributed by atoms with Gasteiger partial charge < -0.3 is 10.6 Å². The minimum Gasteiger partial charge on any atom is -0.351 e. The van der Waals surface area contributed by atoms with Crippen LogP contribution >= 0.6 is 12.4 Å². The van der Waals surface area contributed by atoms with Crippen LogP contribution in [0.4, 0.5) is 13.2 Å². The molecule has 1 aliphatic heterocycles. The van der Waals surface area contributed by atoms with Crippen LogP contribution in [0.5, 0.6) is 0 Å². The Morgan fingerprint density at radius 3 is 2.32 bits per heavy atom. The summed E-state index contributed by atoms with van der Waals surface area (Å²) >= 11 is 0. The van der Waals surface area contributed by atoms with E-state index in [0.717, 1.165) is 44.9 Å². The summed E-state index contributed by atoms with van der Waals surface area (Å²) in [6.45, 7) is 5.11. The molecule has 3 rings (SSSR count). The molecule has 1 heterocycles. The quantitative estimate of drug-likeness (QED) is 0.789. The highest BCUT2D eigenvalue weighted by Crippen LogP contribution is 2.31. The Bertz CT molecular complexity index is 775. The van der Waals surface area contributed by atoms with Gasteiger partial charge in [-0.05, 0) is 29.3 Å². The third kappa shape index (κ3) is 5.70. The van der Waals surface area contributed by atoms with E-state index in [0.29, 0.717) is 23.2 Å². The minimum absolute atomic E-state index is 0. The highest BCUT2D eigenvalue weighted by molar-refractivity contribution is 6.00. The first-order valence-corrected chi connectivity index (χ1v) is 8.93. The smallest absolute Gasteiger partial charge is 0.351 e. The van der Waals surface area contributed by atoms with E-state index < -0.39 is 11.7 Å². The Morgan fingerprint density at radius 2 is 1.68 bits per heavy atom. The molecule has 28 heavy (non-hydrogen) atoms. The van der Waals surface area contributed by atoms with Gasteiger partial charge >= 0.3 is 6.18 Å². The normalized spacial score (nSPS) is 15.0. The van der Waals surface area contributed by atoms with Crippen LogP contribution in [0.2, 0.25) is 0 Å². The maximum atomic E-state index is 12.8. The number of hydrogen-bond donors (Lipinski definition) is 2. The highest BCUT2D eigenvalue weighted by atomic mass is 35.5. The van der Waals surface area contributed by atoms with Crippen LogP contribution in [-0.4, -0.2) is 50.1 Å². The monoisotopic (exact) mass is 413 g/mol. The lowest BCUT2D eigenvalue weighted by Crippen LogP contribution is -2.46. The zero-order valence-corrected chi connectivity index (χ0v) is 16.1. The van der Waals surface area contributed by atoms with E-state index in [4.69, 9.17) is 0 Å². The van der Waals surface area contributed by atoms with Gasteiger partial charge in [0.2, 0.25) is 0 Å². The molecule has 0 saturated carbocycles. The fraction of sp³-hybridized carbons (Fsp3) is 0.350. The topological polar surface area (TPSA) is 44.4 Å². The second kappa shape index (κ2) is 9.91. The molecule has 1 saturated heterocycles. The first-order chi connectivity index (χ1) is 12.9. The second-order valence-corrected chi connectivity index (χ2v) is 6.47. The fourth-order valence-corrected chi connectivity index (χ4v) is 3.13. The molecule has 0 bridgehead atoms. The molecule has 0 aromatic heterocycles. The van der Waals surface area contributed by atoms with Crippen molar-refractivity contribution in [2.75, 3.05) is 39.3 Å². The summed E-state index contributed by atoms with van der Waals surface area (Å²) in [5.74, 6) is -0.222. The zero-order valence-electron chi connectivity index (χ0n) is 15.3. The maximum absolute atomic E-state index is 12.8. The van der Waals surface area contributed by atoms with E-state index in [-0.39, 0.29) is 18.3 Å². The lowest BCUT2D eigenvalue weighted by atomic mass is 9.98. The molecule has 4 nitrogen and oxygen atoms in total. The van der Waals surface area contributed by atoms with Crippen LogP contribution in [-0.2, 0) is 6.18 Å². The predicted octanol–water partition coefficient (Wildman–Crippen LogP) is 3.43. The first-order valence-electron chi connectivity index (χ1n) is 8.93. The van der Waals surface area contributed by atoms with Crippen molar-refractivity contribution in [3.05, 3.63) is 59.7 Å². The van der Waals surface area contributed by atoms with Crippen molar-refractivity contribution in [2.24, 2.45) is 0 Å². The maximum Gasteiger partial charge on any atom is 0.416 e. The molecule has 0 atom stereocenters. The summed E-state index contributed by atoms with van der Waals surface area (Å²) in [6.07, 6.45) is -4.38. The molecular formula is C20H23ClF3N3O. The molecule has 2 N–H and O–H groups in total. The van der Waals surface area contributed by atoms with E-state index >= 15 is 0 Å². The first kappa shape index (κ1) is 22.2. The van der Waals surface area contributed by atoms with Crippen LogP contribution in [0.15, 0.2) is 48.5 Å². The molecule has 2 aromatic carbocycles. The molecule has 1 aliphatic rings. The van der Waals surface area contributed by atoms with Crippen molar-refractivity contribution in [1.82, 2.24) is 15.5 Å². The number of nitrogens with zero attached hydrogens (tertiary/aromatic N) is 1. The zero-order chi connectivity index (χ0) is 19.3. The molecule has 0 unspecified atom stereocenters. The van der Waals surface area contributed by atoms with E-state index in [2.05, 4.69) is 15.5 Å². The van der Waals surface area contributed by atoms with E-state index in [1.165, 1.54) is 12.1 Å². The van der Waals surface area contributed by atoms with Crippen molar-refractivity contribution < 1.29 is 18.0 Å². The summed E-state index contributed by atoms with van der Waals surface area (Å²) in [5, 5.41) is 6.19. The lowest BCUT2D eigenvalue weighted by Gasteiger charge is -2.27. The van der Waals surface area contributed by atoms with Gasteiger partial charge in [-0.2, -0.15) is 13.2 Å². The van der Waals surface area contributed by atoms with Gasteiger partial charge in [-0.25, -0.2) is 0 Å². The average Bonchev–Trinajstić information content (AvgIpc) is 2.68. The standard InChI is InChI=1S/C20H22F3N3O.ClH/c21-20(22,23)16-7-5-15(6-8-16)17-3-1-2-4-18(17)19(27)25-11-14-26-12-9-24-10-13-26;/h1-8,24H,9-14H2,(H,25,27);1H. The summed E-state index contributed by atoms with van der Waals surface area (Å²) in [5.41, 5.74) is 0.948. The number of hydrogen-bond acceptors (Lipinski definition) is 3. The van der Waals surface area contributed by atoms with Gasteiger partial charge in [0.15, 0.2) is 0 Å². The summed E-state index contributed by atoms with van der Waals surface area (Å²) < 4.78 is 38.3. The number of alkyl halides is 3. The van der Waals surface area contributed by atoms with Crippen molar-refractivity contribution >= 4 is 18.3 Å². The van der Waals surface area contributed by atoms with Gasteiger partial charge in [0.25, 0.3) is 5.91 Å². The van der Waals surface area contributed by atoms with Crippen LogP contribution in [0.1, 0.15) is 15.9 Å². The Balaban J connectivity index is 0.00000280. The Labute approximate surface area is 168 Å². The fourth-order valence-electron chi connectivity index (χ4n) is 3.13. The van der Waals surface area contributed by atoms with Gasteiger partial charge in [-0.15, -0.1) is 12.4 Å². The minimum atomic E-state index is -4.38. The number of amides is 1. The number of piperazine rings is 1. The average molecular weight is 414 g/mol. The van der Waals surface area contributed by atoms with Crippen LogP contribution in [0.3, 0.4) is 0 Å². The van der Waals surface area contributed by atoms with Crippen LogP contribution in [0.25, 0.3) is 11.1 Å². The largest absolute Gasteiger partial charge is 0.416 e. The van der Waals surface area contributed by atoms with E-state index in [9.17, 15) is 18.0 Å². The van der Waals surface area contributed by atoms with Gasteiger partial charge in [0.1, 0.15) is 0 Å². The molecule has 2 aromatic rings. The number of halogens is 4. The Kier molecular flexibility index (Phi) is 7.86. The van der Waals surface area contributed by atoms with Crippen molar-refractivity contribution in [3.63, 3.8) is 0 Å². The molecular weight excluding hydrogens is 391 g/mol. The second-order valence-electron chi connectivity index (χ2n) is 6.47. The van der Waals surface area contributed by atoms with E-state index in [1.54, 1.807) is 24.3 Å². The van der Waals surface area contributed by atoms with E-state index in [1.807, 2.05) is 0 Å². The molecule has 0 aliphatic carbocycles. The van der Waals surface area contributed by atoms with Gasteiger partial charge in [0, 0.05) is 44.8 Å². The van der Waals surface area contributed by atoms with Gasteiger partial charge in [0.05, 0.1) is 5.56 Å². The van der Waals surface area contributed by atoms with Gasteiger partial charge in [-0.3, -0.25) is 9.69 Å². The highest BCUT2D eigenvalue weighted by Gasteiger charge is 2.30. The SMILES string of the molecule is Cl.O=C(NCCN1CCNCC1)c1ccccc1-c1ccc(C(F)(F)F)cc1. The number of carbonyl (C=O) groups excluding carboxylic acids is 1. The Morgan fingerprint density at radius 1 is 1.04 bits per heavy atom. The molecule has 0 spiro atoms. The van der Waals surface area contributed by atoms with Gasteiger partial charge in [-0.1, -0.05) is 30.3 Å². The molecule has 8 heteroatoms. The van der Waals surface area contributed by atoms with Crippen molar-refractivity contribution in [2.45, 2.75) is 6.18 Å². The summed E-state index contributed by atoms with van der Waals surface area (Å²) in [7, 11) is 0. The lowest BCUT2D eigenvalue weighted by molar-refractivity contribution is -0.137. The predicted molar refractivity (Wildman–Crippen MR) is 106 cm³/mol. The number of carbonyl (C=O) groups is 1. The number of rotatable bonds is 5. The molecule has 0 radical (unpaired) electrons.